The van der Waals surface area contributed by atoms with Crippen molar-refractivity contribution < 1.29 is 19.5 Å². The van der Waals surface area contributed by atoms with Crippen molar-refractivity contribution in [3.05, 3.63) is 34.9 Å². The summed E-state index contributed by atoms with van der Waals surface area (Å²) in [5.41, 5.74) is 0.762. The van der Waals surface area contributed by atoms with Crippen molar-refractivity contribution in [2.45, 2.75) is 26.3 Å². The van der Waals surface area contributed by atoms with Gasteiger partial charge in [0, 0.05) is 25.5 Å². The monoisotopic (exact) mass is 340 g/mol. The standard InChI is InChI=1S/C16H21ClN2O4/c1-10(16(22)23)9-19(3)15(21)8-14(18-11(2)20)12-4-6-13(17)7-5-12/h4-7,10,14H,8-9H2,1-3H3,(H,18,20)(H,22,23). The van der Waals surface area contributed by atoms with Crippen LogP contribution >= 0.6 is 11.6 Å². The Morgan fingerprint density at radius 2 is 1.83 bits per heavy atom. The van der Waals surface area contributed by atoms with Gasteiger partial charge in [-0.1, -0.05) is 30.7 Å². The first kappa shape index (κ1) is 19.0. The Morgan fingerprint density at radius 3 is 2.30 bits per heavy atom. The van der Waals surface area contributed by atoms with Gasteiger partial charge in [-0.2, -0.15) is 0 Å². The minimum atomic E-state index is -0.958. The molecule has 1 aromatic rings. The van der Waals surface area contributed by atoms with E-state index in [4.69, 9.17) is 16.7 Å². The summed E-state index contributed by atoms with van der Waals surface area (Å²) in [7, 11) is 1.55. The summed E-state index contributed by atoms with van der Waals surface area (Å²) < 4.78 is 0. The van der Waals surface area contributed by atoms with Gasteiger partial charge in [0.1, 0.15) is 0 Å². The Balaban J connectivity index is 2.80. The molecule has 0 aromatic heterocycles. The molecule has 23 heavy (non-hydrogen) atoms. The molecule has 0 spiro atoms. The molecule has 1 aromatic carbocycles. The van der Waals surface area contributed by atoms with Crippen LogP contribution in [-0.4, -0.2) is 41.4 Å². The fraction of sp³-hybridized carbons (Fsp3) is 0.438. The van der Waals surface area contributed by atoms with Crippen LogP contribution in [0.5, 0.6) is 0 Å². The van der Waals surface area contributed by atoms with Gasteiger partial charge >= 0.3 is 5.97 Å². The Labute approximate surface area is 140 Å². The first-order valence-corrected chi connectivity index (χ1v) is 7.57. The Hall–Kier alpha value is -2.08. The molecule has 0 saturated heterocycles. The topological polar surface area (TPSA) is 86.7 Å². The number of hydrogen-bond donors (Lipinski definition) is 2. The predicted molar refractivity (Wildman–Crippen MR) is 87.1 cm³/mol. The number of nitrogens with one attached hydrogen (secondary N) is 1. The average molecular weight is 341 g/mol. The largest absolute Gasteiger partial charge is 0.481 e. The number of carboxylic acids is 1. The Kier molecular flexibility index (Phi) is 7.03. The molecule has 7 heteroatoms. The minimum Gasteiger partial charge on any atom is -0.481 e. The van der Waals surface area contributed by atoms with E-state index in [-0.39, 0.29) is 24.8 Å². The number of carbonyl (C=O) groups is 3. The molecular formula is C16H21ClN2O4. The predicted octanol–water partition coefficient (Wildman–Crippen LogP) is 2.09. The van der Waals surface area contributed by atoms with Gasteiger partial charge in [-0.25, -0.2) is 0 Å². The second kappa shape index (κ2) is 8.53. The van der Waals surface area contributed by atoms with E-state index >= 15 is 0 Å². The zero-order chi connectivity index (χ0) is 17.6. The summed E-state index contributed by atoms with van der Waals surface area (Å²) >= 11 is 5.85. The molecule has 0 radical (unpaired) electrons. The number of benzene rings is 1. The molecule has 0 aliphatic rings. The van der Waals surface area contributed by atoms with Crippen LogP contribution in [0, 0.1) is 5.92 Å². The number of aliphatic carboxylic acids is 1. The second-order valence-corrected chi connectivity index (χ2v) is 5.96. The van der Waals surface area contributed by atoms with Crippen LogP contribution in [0.25, 0.3) is 0 Å². The maximum atomic E-state index is 12.3. The highest BCUT2D eigenvalue weighted by Gasteiger charge is 2.22. The quantitative estimate of drug-likeness (QED) is 0.795. The lowest BCUT2D eigenvalue weighted by Crippen LogP contribution is -2.37. The molecule has 0 aliphatic carbocycles. The summed E-state index contributed by atoms with van der Waals surface area (Å²) in [6.07, 6.45) is 0.0457. The van der Waals surface area contributed by atoms with Gasteiger partial charge in [-0.3, -0.25) is 14.4 Å². The van der Waals surface area contributed by atoms with E-state index in [2.05, 4.69) is 5.32 Å². The molecule has 1 rings (SSSR count). The van der Waals surface area contributed by atoms with Crippen molar-refractivity contribution in [1.29, 1.82) is 0 Å². The van der Waals surface area contributed by atoms with Gasteiger partial charge in [0.05, 0.1) is 18.4 Å². The third kappa shape index (κ3) is 6.28. The highest BCUT2D eigenvalue weighted by molar-refractivity contribution is 6.30. The van der Waals surface area contributed by atoms with Crippen LogP contribution in [0.1, 0.15) is 31.9 Å². The van der Waals surface area contributed by atoms with Crippen molar-refractivity contribution in [1.82, 2.24) is 10.2 Å². The first-order valence-electron chi connectivity index (χ1n) is 7.20. The van der Waals surface area contributed by atoms with E-state index in [0.29, 0.717) is 5.02 Å². The smallest absolute Gasteiger partial charge is 0.308 e. The molecule has 2 unspecified atom stereocenters. The van der Waals surface area contributed by atoms with Crippen LogP contribution in [0.2, 0.25) is 5.02 Å². The highest BCUT2D eigenvalue weighted by atomic mass is 35.5. The second-order valence-electron chi connectivity index (χ2n) is 5.52. The van der Waals surface area contributed by atoms with Gasteiger partial charge in [0.2, 0.25) is 11.8 Å². The lowest BCUT2D eigenvalue weighted by atomic mass is 10.0. The van der Waals surface area contributed by atoms with E-state index in [1.54, 1.807) is 31.3 Å². The number of nitrogens with zero attached hydrogens (tertiary/aromatic N) is 1. The SMILES string of the molecule is CC(=O)NC(CC(=O)N(C)CC(C)C(=O)O)c1ccc(Cl)cc1. The van der Waals surface area contributed by atoms with Crippen LogP contribution in [0.4, 0.5) is 0 Å². The van der Waals surface area contributed by atoms with Crippen molar-refractivity contribution in [3.8, 4) is 0 Å². The van der Waals surface area contributed by atoms with Crippen LogP contribution < -0.4 is 5.32 Å². The van der Waals surface area contributed by atoms with Gasteiger partial charge in [0.15, 0.2) is 0 Å². The van der Waals surface area contributed by atoms with Crippen molar-refractivity contribution >= 4 is 29.4 Å². The van der Waals surface area contributed by atoms with Crippen molar-refractivity contribution in [2.24, 2.45) is 5.92 Å². The number of carbonyl (C=O) groups excluding carboxylic acids is 2. The average Bonchev–Trinajstić information content (AvgIpc) is 2.46. The molecule has 2 amide bonds. The molecule has 2 N–H and O–H groups in total. The third-order valence-corrected chi connectivity index (χ3v) is 3.68. The summed E-state index contributed by atoms with van der Waals surface area (Å²) in [5, 5.41) is 12.2. The normalized spacial score (nSPS) is 13.0. The van der Waals surface area contributed by atoms with Crippen LogP contribution in [-0.2, 0) is 14.4 Å². The van der Waals surface area contributed by atoms with Gasteiger partial charge in [-0.15, -0.1) is 0 Å². The highest BCUT2D eigenvalue weighted by Crippen LogP contribution is 2.20. The maximum Gasteiger partial charge on any atom is 0.308 e. The summed E-state index contributed by atoms with van der Waals surface area (Å²) in [4.78, 5) is 35.9. The summed E-state index contributed by atoms with van der Waals surface area (Å²) in [6, 6.07) is 6.38. The van der Waals surface area contributed by atoms with E-state index in [1.165, 1.54) is 18.7 Å². The summed E-state index contributed by atoms with van der Waals surface area (Å²) in [6.45, 7) is 3.03. The molecule has 0 fully saturated rings. The molecular weight excluding hydrogens is 320 g/mol. The van der Waals surface area contributed by atoms with Crippen molar-refractivity contribution in [3.63, 3.8) is 0 Å². The van der Waals surface area contributed by atoms with Gasteiger partial charge in [0.25, 0.3) is 0 Å². The van der Waals surface area contributed by atoms with Crippen molar-refractivity contribution in [2.75, 3.05) is 13.6 Å². The van der Waals surface area contributed by atoms with E-state index in [9.17, 15) is 14.4 Å². The molecule has 0 heterocycles. The third-order valence-electron chi connectivity index (χ3n) is 3.42. The number of carboxylic acid groups (broad SMARTS) is 1. The van der Waals surface area contributed by atoms with E-state index in [1.807, 2.05) is 0 Å². The van der Waals surface area contributed by atoms with Gasteiger partial charge in [-0.05, 0) is 17.7 Å². The van der Waals surface area contributed by atoms with Crippen LogP contribution in [0.15, 0.2) is 24.3 Å². The lowest BCUT2D eigenvalue weighted by Gasteiger charge is -2.23. The number of hydrogen-bond acceptors (Lipinski definition) is 3. The minimum absolute atomic E-state index is 0.0457. The van der Waals surface area contributed by atoms with E-state index < -0.39 is 17.9 Å². The summed E-state index contributed by atoms with van der Waals surface area (Å²) in [5.74, 6) is -2.11. The Bertz CT molecular complexity index is 574. The molecule has 0 saturated carbocycles. The first-order chi connectivity index (χ1) is 10.7. The molecule has 6 nitrogen and oxygen atoms in total. The van der Waals surface area contributed by atoms with Crippen LogP contribution in [0.3, 0.4) is 0 Å². The Morgan fingerprint density at radius 1 is 1.26 bits per heavy atom. The lowest BCUT2D eigenvalue weighted by molar-refractivity contribution is -0.142. The molecule has 0 bridgehead atoms. The fourth-order valence-electron chi connectivity index (χ4n) is 2.11. The molecule has 2 atom stereocenters. The fourth-order valence-corrected chi connectivity index (χ4v) is 2.24. The molecule has 126 valence electrons. The van der Waals surface area contributed by atoms with Gasteiger partial charge < -0.3 is 15.3 Å². The zero-order valence-electron chi connectivity index (χ0n) is 13.4. The number of rotatable bonds is 7. The number of halogens is 1. The zero-order valence-corrected chi connectivity index (χ0v) is 14.1. The molecule has 0 aliphatic heterocycles. The number of amides is 2. The van der Waals surface area contributed by atoms with E-state index in [0.717, 1.165) is 5.56 Å². The maximum absolute atomic E-state index is 12.3.